The largest absolute Gasteiger partial charge is 0.396 e. The van der Waals surface area contributed by atoms with Gasteiger partial charge in [-0.3, -0.25) is 0 Å². The summed E-state index contributed by atoms with van der Waals surface area (Å²) >= 11 is 0. The molecule has 17 heavy (non-hydrogen) atoms. The molecular weight excluding hydrogens is 214 g/mol. The van der Waals surface area contributed by atoms with Gasteiger partial charge in [-0.2, -0.15) is 0 Å². The zero-order valence-corrected chi connectivity index (χ0v) is 11.0. The van der Waals surface area contributed by atoms with Crippen LogP contribution in [0, 0.1) is 0 Å². The molecule has 0 radical (unpaired) electrons. The Balaban J connectivity index is 2.64. The summed E-state index contributed by atoms with van der Waals surface area (Å²) in [6.45, 7) is 7.33. The molecule has 0 bridgehead atoms. The third kappa shape index (κ3) is 5.04. The third-order valence-electron chi connectivity index (χ3n) is 2.51. The van der Waals surface area contributed by atoms with Gasteiger partial charge in [-0.1, -0.05) is 13.0 Å². The van der Waals surface area contributed by atoms with Crippen LogP contribution in [0.2, 0.25) is 0 Å². The molecule has 1 aromatic rings. The number of anilines is 2. The molecule has 0 aliphatic carbocycles. The maximum Gasteiger partial charge on any atom is 0.128 e. The van der Waals surface area contributed by atoms with E-state index in [1.165, 1.54) is 0 Å². The predicted molar refractivity (Wildman–Crippen MR) is 72.4 cm³/mol. The van der Waals surface area contributed by atoms with Crippen molar-refractivity contribution in [3.8, 4) is 0 Å². The van der Waals surface area contributed by atoms with Gasteiger partial charge >= 0.3 is 0 Å². The van der Waals surface area contributed by atoms with Crippen LogP contribution in [0.5, 0.6) is 0 Å². The van der Waals surface area contributed by atoms with Crippen LogP contribution in [0.15, 0.2) is 18.2 Å². The summed E-state index contributed by atoms with van der Waals surface area (Å²) in [5.41, 5.74) is -0.148. The normalized spacial score (nSPS) is 11.3. The second-order valence-electron chi connectivity index (χ2n) is 4.82. The molecule has 0 fully saturated rings. The van der Waals surface area contributed by atoms with Gasteiger partial charge in [0.15, 0.2) is 0 Å². The van der Waals surface area contributed by atoms with Crippen molar-refractivity contribution in [1.82, 2.24) is 4.98 Å². The zero-order chi connectivity index (χ0) is 12.7. The van der Waals surface area contributed by atoms with Crippen LogP contribution in [-0.2, 0) is 0 Å². The minimum absolute atomic E-state index is 0.148. The second kappa shape index (κ2) is 6.45. The number of hydrogen-bond donors (Lipinski definition) is 3. The van der Waals surface area contributed by atoms with Gasteiger partial charge in [-0.25, -0.2) is 4.98 Å². The van der Waals surface area contributed by atoms with Crippen molar-refractivity contribution in [2.45, 2.75) is 39.2 Å². The zero-order valence-electron chi connectivity index (χ0n) is 11.0. The van der Waals surface area contributed by atoms with Crippen molar-refractivity contribution in [2.75, 3.05) is 23.8 Å². The van der Waals surface area contributed by atoms with E-state index in [4.69, 9.17) is 5.11 Å². The van der Waals surface area contributed by atoms with Gasteiger partial charge in [0.2, 0.25) is 0 Å². The first-order valence-electron chi connectivity index (χ1n) is 6.17. The van der Waals surface area contributed by atoms with E-state index < -0.39 is 0 Å². The van der Waals surface area contributed by atoms with Crippen LogP contribution in [0.3, 0.4) is 0 Å². The lowest BCUT2D eigenvalue weighted by Gasteiger charge is -2.26. The first-order valence-corrected chi connectivity index (χ1v) is 6.17. The van der Waals surface area contributed by atoms with E-state index in [1.807, 2.05) is 18.2 Å². The van der Waals surface area contributed by atoms with Gasteiger partial charge in [0.25, 0.3) is 0 Å². The lowest BCUT2D eigenvalue weighted by Crippen LogP contribution is -2.32. The highest BCUT2D eigenvalue weighted by molar-refractivity contribution is 5.46. The number of rotatable bonds is 7. The molecule has 0 spiro atoms. The van der Waals surface area contributed by atoms with Gasteiger partial charge in [0, 0.05) is 18.7 Å². The number of nitrogens with one attached hydrogen (secondary N) is 2. The van der Waals surface area contributed by atoms with Crippen molar-refractivity contribution >= 4 is 11.6 Å². The molecule has 1 rings (SSSR count). The van der Waals surface area contributed by atoms with E-state index in [1.54, 1.807) is 0 Å². The van der Waals surface area contributed by atoms with Crippen molar-refractivity contribution < 1.29 is 5.11 Å². The molecule has 0 aliphatic rings. The van der Waals surface area contributed by atoms with E-state index in [0.717, 1.165) is 24.6 Å². The molecule has 0 aromatic carbocycles. The maximum atomic E-state index is 8.98. The molecule has 0 amide bonds. The lowest BCUT2D eigenvalue weighted by atomic mass is 10.0. The molecule has 1 aromatic heterocycles. The van der Waals surface area contributed by atoms with Gasteiger partial charge in [0.1, 0.15) is 11.6 Å². The van der Waals surface area contributed by atoms with E-state index >= 15 is 0 Å². The SMILES string of the molecule is CCCNc1cccc(NC(C)(C)CCO)n1. The summed E-state index contributed by atoms with van der Waals surface area (Å²) in [5, 5.41) is 15.6. The molecule has 0 aliphatic heterocycles. The predicted octanol–water partition coefficient (Wildman–Crippen LogP) is 2.48. The molecule has 0 saturated carbocycles. The summed E-state index contributed by atoms with van der Waals surface area (Å²) < 4.78 is 0. The van der Waals surface area contributed by atoms with Gasteiger partial charge in [0.05, 0.1) is 0 Å². The molecule has 3 N–H and O–H groups in total. The van der Waals surface area contributed by atoms with Crippen molar-refractivity contribution in [3.63, 3.8) is 0 Å². The summed E-state index contributed by atoms with van der Waals surface area (Å²) in [7, 11) is 0. The summed E-state index contributed by atoms with van der Waals surface area (Å²) in [6.07, 6.45) is 1.77. The lowest BCUT2D eigenvalue weighted by molar-refractivity contribution is 0.260. The monoisotopic (exact) mass is 237 g/mol. The number of nitrogens with zero attached hydrogens (tertiary/aromatic N) is 1. The second-order valence-corrected chi connectivity index (χ2v) is 4.82. The summed E-state index contributed by atoms with van der Waals surface area (Å²) in [6, 6.07) is 5.87. The average molecular weight is 237 g/mol. The first-order chi connectivity index (χ1) is 8.07. The Hall–Kier alpha value is -1.29. The fraction of sp³-hybridized carbons (Fsp3) is 0.615. The highest BCUT2D eigenvalue weighted by atomic mass is 16.3. The standard InChI is InChI=1S/C13H23N3O/c1-4-9-14-11-6-5-7-12(15-11)16-13(2,3)8-10-17/h5-7,17H,4,8-10H2,1-3H3,(H2,14,15,16). The number of hydrogen-bond acceptors (Lipinski definition) is 4. The smallest absolute Gasteiger partial charge is 0.128 e. The van der Waals surface area contributed by atoms with Crippen molar-refractivity contribution in [3.05, 3.63) is 18.2 Å². The minimum Gasteiger partial charge on any atom is -0.396 e. The van der Waals surface area contributed by atoms with Crippen LogP contribution in [0.4, 0.5) is 11.6 Å². The number of pyridine rings is 1. The number of aliphatic hydroxyl groups excluding tert-OH is 1. The Bertz CT molecular complexity index is 339. The molecule has 0 saturated heterocycles. The Morgan fingerprint density at radius 2 is 2.00 bits per heavy atom. The Morgan fingerprint density at radius 1 is 1.29 bits per heavy atom. The van der Waals surface area contributed by atoms with Gasteiger partial charge in [-0.05, 0) is 38.8 Å². The molecule has 4 heteroatoms. The molecule has 0 unspecified atom stereocenters. The quantitative estimate of drug-likeness (QED) is 0.682. The molecule has 4 nitrogen and oxygen atoms in total. The van der Waals surface area contributed by atoms with Crippen molar-refractivity contribution in [2.24, 2.45) is 0 Å². The minimum atomic E-state index is -0.148. The molecule has 1 heterocycles. The highest BCUT2D eigenvalue weighted by Gasteiger charge is 2.16. The summed E-state index contributed by atoms with van der Waals surface area (Å²) in [4.78, 5) is 4.47. The fourth-order valence-electron chi connectivity index (χ4n) is 1.54. The fourth-order valence-corrected chi connectivity index (χ4v) is 1.54. The summed E-state index contributed by atoms with van der Waals surface area (Å²) in [5.74, 6) is 1.72. The highest BCUT2D eigenvalue weighted by Crippen LogP contribution is 2.17. The average Bonchev–Trinajstić information content (AvgIpc) is 2.26. The number of aliphatic hydroxyl groups is 1. The topological polar surface area (TPSA) is 57.2 Å². The Labute approximate surface area is 103 Å². The Kier molecular flexibility index (Phi) is 5.22. The van der Waals surface area contributed by atoms with Crippen LogP contribution in [0.25, 0.3) is 0 Å². The van der Waals surface area contributed by atoms with E-state index in [-0.39, 0.29) is 12.1 Å². The van der Waals surface area contributed by atoms with E-state index in [2.05, 4.69) is 36.4 Å². The van der Waals surface area contributed by atoms with Gasteiger partial charge < -0.3 is 15.7 Å². The van der Waals surface area contributed by atoms with Crippen molar-refractivity contribution in [1.29, 1.82) is 0 Å². The molecule has 96 valence electrons. The van der Waals surface area contributed by atoms with E-state index in [9.17, 15) is 0 Å². The van der Waals surface area contributed by atoms with Crippen LogP contribution in [0.1, 0.15) is 33.6 Å². The third-order valence-corrected chi connectivity index (χ3v) is 2.51. The molecule has 0 atom stereocenters. The Morgan fingerprint density at radius 3 is 2.65 bits per heavy atom. The molecular formula is C13H23N3O. The van der Waals surface area contributed by atoms with Gasteiger partial charge in [-0.15, -0.1) is 0 Å². The number of aromatic nitrogens is 1. The van der Waals surface area contributed by atoms with Crippen LogP contribution < -0.4 is 10.6 Å². The van der Waals surface area contributed by atoms with Crippen LogP contribution >= 0.6 is 0 Å². The first kappa shape index (κ1) is 13.8. The van der Waals surface area contributed by atoms with E-state index in [0.29, 0.717) is 6.42 Å². The maximum absolute atomic E-state index is 8.98. The van der Waals surface area contributed by atoms with Crippen LogP contribution in [-0.4, -0.2) is 28.8 Å².